The van der Waals surface area contributed by atoms with E-state index in [0.717, 1.165) is 58.2 Å². The monoisotopic (exact) mass is 405 g/mol. The summed E-state index contributed by atoms with van der Waals surface area (Å²) in [5.74, 6) is 1.16. The van der Waals surface area contributed by atoms with Gasteiger partial charge in [0.2, 0.25) is 5.91 Å². The number of hydrogen-bond donors (Lipinski definition) is 2. The molecule has 8 heteroatoms. The van der Waals surface area contributed by atoms with Crippen molar-refractivity contribution >= 4 is 18.0 Å². The van der Waals surface area contributed by atoms with Crippen molar-refractivity contribution in [1.82, 2.24) is 25.3 Å². The number of hydrogen-bond acceptors (Lipinski definition) is 3. The quantitative estimate of drug-likeness (QED) is 0.748. The van der Waals surface area contributed by atoms with E-state index >= 15 is 0 Å². The van der Waals surface area contributed by atoms with Crippen molar-refractivity contribution in [3.05, 3.63) is 0 Å². The Morgan fingerprint density at radius 1 is 1.07 bits per heavy atom. The SMILES string of the molecule is CCCNC(=O)NC1CCN(C(=O)N2C[C@H]3C[C@H](C2)[C@H]2CCCC(=O)N2C3)CC1. The molecule has 8 nitrogen and oxygen atoms in total. The van der Waals surface area contributed by atoms with E-state index in [1.165, 1.54) is 0 Å². The summed E-state index contributed by atoms with van der Waals surface area (Å²) >= 11 is 0. The van der Waals surface area contributed by atoms with Gasteiger partial charge < -0.3 is 25.3 Å². The first-order valence-electron chi connectivity index (χ1n) is 11.4. The number of amides is 5. The molecule has 4 aliphatic heterocycles. The van der Waals surface area contributed by atoms with Gasteiger partial charge in [-0.15, -0.1) is 0 Å². The summed E-state index contributed by atoms with van der Waals surface area (Å²) < 4.78 is 0. The van der Waals surface area contributed by atoms with E-state index in [1.54, 1.807) is 0 Å². The Labute approximate surface area is 173 Å². The largest absolute Gasteiger partial charge is 0.339 e. The van der Waals surface area contributed by atoms with Gasteiger partial charge in [-0.05, 0) is 50.4 Å². The normalized spacial score (nSPS) is 30.0. The first-order valence-corrected chi connectivity index (χ1v) is 11.4. The second kappa shape index (κ2) is 8.79. The molecule has 0 aliphatic carbocycles. The van der Waals surface area contributed by atoms with E-state index in [4.69, 9.17) is 0 Å². The number of likely N-dealkylation sites (tertiary alicyclic amines) is 2. The summed E-state index contributed by atoms with van der Waals surface area (Å²) in [5.41, 5.74) is 0. The van der Waals surface area contributed by atoms with Gasteiger partial charge in [-0.1, -0.05) is 6.92 Å². The maximum Gasteiger partial charge on any atom is 0.320 e. The maximum atomic E-state index is 13.2. The van der Waals surface area contributed by atoms with Crippen LogP contribution in [0.25, 0.3) is 0 Å². The number of rotatable bonds is 3. The predicted molar refractivity (Wildman–Crippen MR) is 109 cm³/mol. The number of fused-ring (bicyclic) bond motifs is 4. The van der Waals surface area contributed by atoms with Gasteiger partial charge in [0.15, 0.2) is 0 Å². The van der Waals surface area contributed by atoms with Gasteiger partial charge in [0.1, 0.15) is 0 Å². The molecule has 0 unspecified atom stereocenters. The highest BCUT2D eigenvalue weighted by Gasteiger charge is 2.45. The molecule has 0 aromatic carbocycles. The van der Waals surface area contributed by atoms with Gasteiger partial charge in [-0.2, -0.15) is 0 Å². The van der Waals surface area contributed by atoms with Crippen molar-refractivity contribution in [2.24, 2.45) is 11.8 Å². The van der Waals surface area contributed by atoms with Crippen molar-refractivity contribution in [2.45, 2.75) is 64.0 Å². The standard InChI is InChI=1S/C21H35N5O3/c1-2-8-22-20(28)23-17-6-9-24(10-7-17)21(29)25-12-15-11-16(14-25)18-4-3-5-19(27)26(18)13-15/h15-18H,2-14H2,1H3,(H2,22,23,28)/t15-,16-,18-/m1/s1. The van der Waals surface area contributed by atoms with Crippen LogP contribution in [0.4, 0.5) is 9.59 Å². The molecule has 0 aromatic heterocycles. The lowest BCUT2D eigenvalue weighted by Gasteiger charge is -2.53. The highest BCUT2D eigenvalue weighted by Crippen LogP contribution is 2.38. The zero-order chi connectivity index (χ0) is 20.4. The molecule has 29 heavy (non-hydrogen) atoms. The van der Waals surface area contributed by atoms with Gasteiger partial charge in [-0.25, -0.2) is 9.59 Å². The fourth-order valence-corrected chi connectivity index (χ4v) is 5.66. The van der Waals surface area contributed by atoms with Crippen LogP contribution in [-0.4, -0.2) is 84.0 Å². The molecule has 2 N–H and O–H groups in total. The lowest BCUT2D eigenvalue weighted by molar-refractivity contribution is -0.144. The maximum absolute atomic E-state index is 13.2. The van der Waals surface area contributed by atoms with Crippen LogP contribution in [-0.2, 0) is 4.79 Å². The molecule has 4 heterocycles. The molecule has 0 spiro atoms. The molecule has 4 aliphatic rings. The van der Waals surface area contributed by atoms with Crippen molar-refractivity contribution < 1.29 is 14.4 Å². The molecule has 0 aromatic rings. The number of carbonyl (C=O) groups excluding carboxylic acids is 3. The van der Waals surface area contributed by atoms with Crippen LogP contribution in [0.2, 0.25) is 0 Å². The van der Waals surface area contributed by atoms with Crippen LogP contribution >= 0.6 is 0 Å². The molecule has 162 valence electrons. The van der Waals surface area contributed by atoms with Gasteiger partial charge in [0, 0.05) is 57.8 Å². The Balaban J connectivity index is 1.28. The van der Waals surface area contributed by atoms with Crippen LogP contribution in [0.15, 0.2) is 0 Å². The molecule has 2 bridgehead atoms. The number of carbonyl (C=O) groups is 3. The molecular formula is C21H35N5O3. The van der Waals surface area contributed by atoms with Crippen molar-refractivity contribution in [3.8, 4) is 0 Å². The van der Waals surface area contributed by atoms with E-state index in [9.17, 15) is 14.4 Å². The Hall–Kier alpha value is -1.99. The van der Waals surface area contributed by atoms with Crippen LogP contribution < -0.4 is 10.6 Å². The van der Waals surface area contributed by atoms with E-state index in [0.29, 0.717) is 49.8 Å². The van der Waals surface area contributed by atoms with E-state index in [1.807, 2.05) is 16.7 Å². The van der Waals surface area contributed by atoms with Gasteiger partial charge in [-0.3, -0.25) is 4.79 Å². The number of piperidine rings is 4. The highest BCUT2D eigenvalue weighted by molar-refractivity contribution is 5.78. The minimum atomic E-state index is -0.105. The number of urea groups is 2. The molecule has 4 saturated heterocycles. The lowest BCUT2D eigenvalue weighted by Crippen LogP contribution is -2.62. The number of nitrogens with one attached hydrogen (secondary N) is 2. The van der Waals surface area contributed by atoms with E-state index in [2.05, 4.69) is 15.5 Å². The van der Waals surface area contributed by atoms with Gasteiger partial charge >= 0.3 is 12.1 Å². The minimum absolute atomic E-state index is 0.105. The summed E-state index contributed by atoms with van der Waals surface area (Å²) in [5, 5.41) is 5.87. The molecule has 3 atom stereocenters. The second-order valence-electron chi connectivity index (χ2n) is 9.22. The van der Waals surface area contributed by atoms with Crippen LogP contribution in [0.3, 0.4) is 0 Å². The second-order valence-corrected chi connectivity index (χ2v) is 9.22. The average Bonchev–Trinajstić information content (AvgIpc) is 2.73. The Morgan fingerprint density at radius 3 is 2.62 bits per heavy atom. The fourth-order valence-electron chi connectivity index (χ4n) is 5.66. The molecule has 5 amide bonds. The Kier molecular flexibility index (Phi) is 6.15. The summed E-state index contributed by atoms with van der Waals surface area (Å²) in [6.45, 7) is 6.47. The third kappa shape index (κ3) is 4.46. The first-order chi connectivity index (χ1) is 14.0. The lowest BCUT2D eigenvalue weighted by atomic mass is 9.76. The molecule has 4 rings (SSSR count). The van der Waals surface area contributed by atoms with Crippen molar-refractivity contribution in [3.63, 3.8) is 0 Å². The van der Waals surface area contributed by atoms with Crippen LogP contribution in [0, 0.1) is 11.8 Å². The number of nitrogens with zero attached hydrogens (tertiary/aromatic N) is 3. The van der Waals surface area contributed by atoms with Crippen LogP contribution in [0.1, 0.15) is 51.9 Å². The third-order valence-corrected chi connectivity index (χ3v) is 7.09. The zero-order valence-electron chi connectivity index (χ0n) is 17.6. The summed E-state index contributed by atoms with van der Waals surface area (Å²) in [6, 6.07) is 0.509. The van der Waals surface area contributed by atoms with Crippen LogP contribution in [0.5, 0.6) is 0 Å². The Bertz CT molecular complexity index is 634. The Morgan fingerprint density at radius 2 is 1.86 bits per heavy atom. The topological polar surface area (TPSA) is 85.0 Å². The third-order valence-electron chi connectivity index (χ3n) is 7.09. The van der Waals surface area contributed by atoms with E-state index < -0.39 is 0 Å². The molecular weight excluding hydrogens is 370 g/mol. The first kappa shape index (κ1) is 20.3. The predicted octanol–water partition coefficient (Wildman–Crippen LogP) is 1.61. The minimum Gasteiger partial charge on any atom is -0.339 e. The zero-order valence-corrected chi connectivity index (χ0v) is 17.6. The molecule has 4 fully saturated rings. The smallest absolute Gasteiger partial charge is 0.320 e. The molecule has 0 saturated carbocycles. The average molecular weight is 406 g/mol. The summed E-state index contributed by atoms with van der Waals surface area (Å²) in [4.78, 5) is 43.4. The summed E-state index contributed by atoms with van der Waals surface area (Å²) in [7, 11) is 0. The van der Waals surface area contributed by atoms with E-state index in [-0.39, 0.29) is 18.1 Å². The molecule has 0 radical (unpaired) electrons. The fraction of sp³-hybridized carbons (Fsp3) is 0.857. The van der Waals surface area contributed by atoms with Crippen molar-refractivity contribution in [2.75, 3.05) is 39.3 Å². The van der Waals surface area contributed by atoms with Crippen molar-refractivity contribution in [1.29, 1.82) is 0 Å². The summed E-state index contributed by atoms with van der Waals surface area (Å²) in [6.07, 6.45) is 6.44. The van der Waals surface area contributed by atoms with Gasteiger partial charge in [0.05, 0.1) is 0 Å². The highest BCUT2D eigenvalue weighted by atomic mass is 16.2. The van der Waals surface area contributed by atoms with Gasteiger partial charge in [0.25, 0.3) is 0 Å².